The zero-order valence-electron chi connectivity index (χ0n) is 13.6. The van der Waals surface area contributed by atoms with E-state index in [1.54, 1.807) is 0 Å². The van der Waals surface area contributed by atoms with Crippen molar-refractivity contribution in [3.05, 3.63) is 0 Å². The first-order valence-corrected chi connectivity index (χ1v) is 9.33. The molecule has 0 heterocycles. The predicted molar refractivity (Wildman–Crippen MR) is 82.5 cm³/mol. The summed E-state index contributed by atoms with van der Waals surface area (Å²) in [6, 6.07) is 0. The van der Waals surface area contributed by atoms with Crippen LogP contribution in [0, 0.1) is 11.8 Å². The Morgan fingerprint density at radius 1 is 1.05 bits per heavy atom. The van der Waals surface area contributed by atoms with Crippen LogP contribution in [-0.4, -0.2) is 30.5 Å². The van der Waals surface area contributed by atoms with Gasteiger partial charge in [-0.3, -0.25) is 14.6 Å². The van der Waals surface area contributed by atoms with E-state index in [2.05, 4.69) is 27.7 Å². The maximum atomic E-state index is 12.5. The van der Waals surface area contributed by atoms with E-state index in [1.165, 1.54) is 5.48 Å². The highest BCUT2D eigenvalue weighted by Gasteiger charge is 2.28. The maximum absolute atomic E-state index is 12.5. The van der Waals surface area contributed by atoms with E-state index in [-0.39, 0.29) is 0 Å². The average molecular weight is 323 g/mol. The lowest BCUT2D eigenvalue weighted by Crippen LogP contribution is -2.23. The summed E-state index contributed by atoms with van der Waals surface area (Å²) in [6.45, 7) is 8.97. The van der Waals surface area contributed by atoms with Gasteiger partial charge in [0.25, 0.3) is 5.91 Å². The molecule has 0 saturated carbocycles. The van der Waals surface area contributed by atoms with E-state index in [0.29, 0.717) is 25.0 Å². The van der Waals surface area contributed by atoms with Crippen molar-refractivity contribution in [2.75, 3.05) is 19.4 Å². The highest BCUT2D eigenvalue weighted by atomic mass is 31.2. The SMILES string of the molecule is CC(C)CCCOP(=O)(CC(=O)NO)OCCCC(C)C. The fraction of sp³-hybridized carbons (Fsp3) is 0.929. The Balaban J connectivity index is 4.27. The number of carbonyl (C=O) groups excluding carboxylic acids is 1. The van der Waals surface area contributed by atoms with Gasteiger partial charge in [0.15, 0.2) is 0 Å². The van der Waals surface area contributed by atoms with Crippen LogP contribution in [0.3, 0.4) is 0 Å². The predicted octanol–water partition coefficient (Wildman–Crippen LogP) is 3.59. The molecular weight excluding hydrogens is 293 g/mol. The van der Waals surface area contributed by atoms with Crippen LogP contribution in [-0.2, 0) is 18.4 Å². The van der Waals surface area contributed by atoms with E-state index in [0.717, 1.165) is 25.7 Å². The van der Waals surface area contributed by atoms with Gasteiger partial charge in [-0.2, -0.15) is 0 Å². The topological polar surface area (TPSA) is 84.9 Å². The van der Waals surface area contributed by atoms with Gasteiger partial charge >= 0.3 is 7.60 Å². The van der Waals surface area contributed by atoms with Gasteiger partial charge < -0.3 is 9.05 Å². The molecule has 0 spiro atoms. The molecule has 0 aliphatic rings. The number of hydrogen-bond acceptors (Lipinski definition) is 5. The van der Waals surface area contributed by atoms with E-state index in [4.69, 9.17) is 14.3 Å². The molecule has 1 amide bonds. The lowest BCUT2D eigenvalue weighted by atomic mass is 10.1. The number of nitrogens with one attached hydrogen (secondary N) is 1. The number of carbonyl (C=O) groups is 1. The summed E-state index contributed by atoms with van der Waals surface area (Å²) >= 11 is 0. The van der Waals surface area contributed by atoms with Crippen LogP contribution in [0.25, 0.3) is 0 Å². The normalized spacial score (nSPS) is 12.1. The molecule has 0 aromatic heterocycles. The average Bonchev–Trinajstić information content (AvgIpc) is 2.39. The fourth-order valence-electron chi connectivity index (χ4n) is 1.73. The Kier molecular flexibility index (Phi) is 11.0. The smallest absolute Gasteiger partial charge is 0.308 e. The van der Waals surface area contributed by atoms with Crippen LogP contribution in [0.1, 0.15) is 53.4 Å². The Hall–Kier alpha value is -0.420. The minimum atomic E-state index is -3.48. The molecule has 0 unspecified atom stereocenters. The molecule has 0 radical (unpaired) electrons. The van der Waals surface area contributed by atoms with E-state index in [9.17, 15) is 9.36 Å². The van der Waals surface area contributed by atoms with Crippen LogP contribution in [0.5, 0.6) is 0 Å². The number of amides is 1. The summed E-state index contributed by atoms with van der Waals surface area (Å²) in [4.78, 5) is 11.2. The first kappa shape index (κ1) is 20.6. The van der Waals surface area contributed by atoms with Crippen LogP contribution < -0.4 is 5.48 Å². The van der Waals surface area contributed by atoms with Gasteiger partial charge in [0.1, 0.15) is 6.16 Å². The highest BCUT2D eigenvalue weighted by Crippen LogP contribution is 2.48. The van der Waals surface area contributed by atoms with Gasteiger partial charge in [-0.05, 0) is 37.5 Å². The first-order valence-electron chi connectivity index (χ1n) is 7.60. The molecule has 21 heavy (non-hydrogen) atoms. The molecule has 0 saturated heterocycles. The van der Waals surface area contributed by atoms with Crippen molar-refractivity contribution >= 4 is 13.5 Å². The van der Waals surface area contributed by atoms with Gasteiger partial charge in [0, 0.05) is 0 Å². The molecule has 0 aromatic carbocycles. The molecule has 0 aliphatic carbocycles. The third kappa shape index (κ3) is 11.9. The summed E-state index contributed by atoms with van der Waals surface area (Å²) < 4.78 is 23.1. The Labute approximate surface area is 128 Å². The van der Waals surface area contributed by atoms with Crippen molar-refractivity contribution in [2.45, 2.75) is 53.4 Å². The van der Waals surface area contributed by atoms with Crippen molar-refractivity contribution in [2.24, 2.45) is 11.8 Å². The molecule has 0 aliphatic heterocycles. The van der Waals surface area contributed by atoms with E-state index < -0.39 is 19.7 Å². The summed E-state index contributed by atoms with van der Waals surface area (Å²) in [5.74, 6) is 0.326. The second-order valence-corrected chi connectivity index (χ2v) is 8.10. The van der Waals surface area contributed by atoms with Crippen LogP contribution >= 0.6 is 7.60 Å². The monoisotopic (exact) mass is 323 g/mol. The Morgan fingerprint density at radius 2 is 1.48 bits per heavy atom. The largest absolute Gasteiger partial charge is 0.340 e. The summed E-state index contributed by atoms with van der Waals surface area (Å²) in [7, 11) is -3.48. The van der Waals surface area contributed by atoms with E-state index in [1.807, 2.05) is 0 Å². The number of rotatable bonds is 12. The van der Waals surface area contributed by atoms with E-state index >= 15 is 0 Å². The Morgan fingerprint density at radius 3 is 1.81 bits per heavy atom. The third-order valence-corrected chi connectivity index (χ3v) is 4.72. The molecule has 6 nitrogen and oxygen atoms in total. The summed E-state index contributed by atoms with van der Waals surface area (Å²) in [5.41, 5.74) is 1.47. The fourth-order valence-corrected chi connectivity index (χ4v) is 3.22. The maximum Gasteiger partial charge on any atom is 0.340 e. The van der Waals surface area contributed by atoms with Crippen molar-refractivity contribution in [3.63, 3.8) is 0 Å². The molecule has 126 valence electrons. The highest BCUT2D eigenvalue weighted by molar-refractivity contribution is 7.54. The summed E-state index contributed by atoms with van der Waals surface area (Å²) in [6.07, 6.45) is 2.99. The second-order valence-electron chi connectivity index (χ2n) is 6.04. The minimum absolute atomic E-state index is 0.290. The second kappa shape index (κ2) is 11.2. The van der Waals surface area contributed by atoms with Crippen molar-refractivity contribution in [1.82, 2.24) is 5.48 Å². The molecule has 0 aromatic rings. The molecular formula is C14H30NO5P. The Bertz CT molecular complexity index is 313. The van der Waals surface area contributed by atoms with Crippen LogP contribution in [0.15, 0.2) is 0 Å². The van der Waals surface area contributed by atoms with Crippen molar-refractivity contribution in [1.29, 1.82) is 0 Å². The standard InChI is InChI=1S/C14H30NO5P/c1-12(2)7-5-9-19-21(18,11-14(16)15-17)20-10-6-8-13(3)4/h12-13,17H,5-11H2,1-4H3,(H,15,16). The summed E-state index contributed by atoms with van der Waals surface area (Å²) in [5, 5.41) is 8.56. The van der Waals surface area contributed by atoms with Gasteiger partial charge in [-0.25, -0.2) is 5.48 Å². The first-order chi connectivity index (χ1) is 9.79. The number of hydroxylamine groups is 1. The molecule has 0 bridgehead atoms. The molecule has 0 atom stereocenters. The zero-order valence-corrected chi connectivity index (χ0v) is 14.5. The molecule has 0 fully saturated rings. The van der Waals surface area contributed by atoms with Crippen LogP contribution in [0.4, 0.5) is 0 Å². The van der Waals surface area contributed by atoms with Gasteiger partial charge in [-0.1, -0.05) is 27.7 Å². The minimum Gasteiger partial charge on any atom is -0.308 e. The molecule has 2 N–H and O–H groups in total. The number of hydrogen-bond donors (Lipinski definition) is 2. The van der Waals surface area contributed by atoms with Gasteiger partial charge in [-0.15, -0.1) is 0 Å². The van der Waals surface area contributed by atoms with Crippen molar-refractivity contribution < 1.29 is 23.6 Å². The third-order valence-electron chi connectivity index (χ3n) is 2.89. The lowest BCUT2D eigenvalue weighted by molar-refractivity contribution is -0.126. The molecule has 0 rings (SSSR count). The lowest BCUT2D eigenvalue weighted by Gasteiger charge is -2.18. The van der Waals surface area contributed by atoms with Gasteiger partial charge in [0.05, 0.1) is 13.2 Å². The van der Waals surface area contributed by atoms with Gasteiger partial charge in [0.2, 0.25) is 0 Å². The quantitative estimate of drug-likeness (QED) is 0.248. The zero-order chi connectivity index (χ0) is 16.3. The molecule has 7 heteroatoms. The van der Waals surface area contributed by atoms with Crippen molar-refractivity contribution in [3.8, 4) is 0 Å². The van der Waals surface area contributed by atoms with Crippen LogP contribution in [0.2, 0.25) is 0 Å².